The second-order valence-corrected chi connectivity index (χ2v) is 2.98. The van der Waals surface area contributed by atoms with Crippen LogP contribution < -0.4 is 11.5 Å². The Morgan fingerprint density at radius 1 is 1.27 bits per heavy atom. The average molecular weight is 218 g/mol. The van der Waals surface area contributed by atoms with E-state index in [1.54, 1.807) is 0 Å². The summed E-state index contributed by atoms with van der Waals surface area (Å²) in [7, 11) is 0. The number of carbonyl (C=O) groups is 1. The number of hydrogen-bond acceptors (Lipinski definition) is 2. The van der Waals surface area contributed by atoms with Crippen molar-refractivity contribution in [2.45, 2.75) is 12.7 Å². The molecule has 0 saturated carbocycles. The number of halogens is 3. The molecule has 4 N–H and O–H groups in total. The van der Waals surface area contributed by atoms with Crippen LogP contribution >= 0.6 is 0 Å². The fourth-order valence-electron chi connectivity index (χ4n) is 1.12. The number of amides is 1. The van der Waals surface area contributed by atoms with Crippen molar-refractivity contribution >= 4 is 5.91 Å². The molecular weight excluding hydrogens is 209 g/mol. The van der Waals surface area contributed by atoms with Crippen molar-refractivity contribution in [1.82, 2.24) is 0 Å². The lowest BCUT2D eigenvalue weighted by Gasteiger charge is -2.09. The zero-order valence-electron chi connectivity index (χ0n) is 7.64. The summed E-state index contributed by atoms with van der Waals surface area (Å²) in [5, 5.41) is 0. The molecule has 0 aliphatic carbocycles. The van der Waals surface area contributed by atoms with Gasteiger partial charge >= 0.3 is 6.18 Å². The molecule has 0 fully saturated rings. The molecule has 0 aliphatic heterocycles. The van der Waals surface area contributed by atoms with Crippen LogP contribution in [0.25, 0.3) is 0 Å². The van der Waals surface area contributed by atoms with Gasteiger partial charge < -0.3 is 11.5 Å². The summed E-state index contributed by atoms with van der Waals surface area (Å²) in [5.41, 5.74) is 9.23. The smallest absolute Gasteiger partial charge is 0.366 e. The highest BCUT2D eigenvalue weighted by molar-refractivity contribution is 5.93. The van der Waals surface area contributed by atoms with Crippen molar-refractivity contribution in [3.63, 3.8) is 0 Å². The predicted molar refractivity (Wildman–Crippen MR) is 47.9 cm³/mol. The van der Waals surface area contributed by atoms with Gasteiger partial charge in [0.2, 0.25) is 5.91 Å². The molecule has 0 aromatic heterocycles. The van der Waals surface area contributed by atoms with Crippen molar-refractivity contribution in [2.75, 3.05) is 0 Å². The Hall–Kier alpha value is -1.56. The van der Waals surface area contributed by atoms with Gasteiger partial charge in [0.05, 0.1) is 5.56 Å². The monoisotopic (exact) mass is 218 g/mol. The van der Waals surface area contributed by atoms with Crippen LogP contribution in [0.15, 0.2) is 18.2 Å². The fourth-order valence-corrected chi connectivity index (χ4v) is 1.12. The molecule has 6 heteroatoms. The molecule has 0 atom stereocenters. The van der Waals surface area contributed by atoms with Crippen molar-refractivity contribution in [3.05, 3.63) is 34.9 Å². The van der Waals surface area contributed by atoms with E-state index in [0.29, 0.717) is 6.07 Å². The van der Waals surface area contributed by atoms with Gasteiger partial charge in [-0.3, -0.25) is 4.79 Å². The summed E-state index contributed by atoms with van der Waals surface area (Å²) in [6, 6.07) is 2.85. The second kappa shape index (κ2) is 3.90. The number of primary amides is 1. The zero-order chi connectivity index (χ0) is 11.6. The zero-order valence-corrected chi connectivity index (χ0v) is 7.64. The lowest BCUT2D eigenvalue weighted by atomic mass is 10.0. The molecule has 82 valence electrons. The average Bonchev–Trinajstić information content (AvgIpc) is 2.15. The van der Waals surface area contributed by atoms with Gasteiger partial charge in [-0.2, -0.15) is 13.2 Å². The van der Waals surface area contributed by atoms with Gasteiger partial charge in [-0.1, -0.05) is 0 Å². The largest absolute Gasteiger partial charge is 0.416 e. The first kappa shape index (κ1) is 11.5. The van der Waals surface area contributed by atoms with Crippen LogP contribution in [-0.2, 0) is 12.7 Å². The number of benzene rings is 1. The molecule has 15 heavy (non-hydrogen) atoms. The molecule has 0 spiro atoms. The molecule has 0 radical (unpaired) electrons. The molecule has 1 rings (SSSR count). The van der Waals surface area contributed by atoms with Gasteiger partial charge in [-0.15, -0.1) is 0 Å². The number of nitrogens with two attached hydrogens (primary N) is 2. The highest BCUT2D eigenvalue weighted by atomic mass is 19.4. The minimum Gasteiger partial charge on any atom is -0.366 e. The maximum atomic E-state index is 12.4. The topological polar surface area (TPSA) is 69.1 Å². The molecule has 1 amide bonds. The first-order valence-electron chi connectivity index (χ1n) is 4.05. The van der Waals surface area contributed by atoms with Crippen LogP contribution in [-0.4, -0.2) is 5.91 Å². The molecule has 0 aliphatic rings. The molecule has 0 unspecified atom stereocenters. The number of carbonyl (C=O) groups excluding carboxylic acids is 1. The Bertz CT molecular complexity index is 387. The molecule has 0 heterocycles. The van der Waals surface area contributed by atoms with E-state index in [2.05, 4.69) is 0 Å². The molecule has 0 saturated heterocycles. The molecule has 3 nitrogen and oxygen atoms in total. The highest BCUT2D eigenvalue weighted by Gasteiger charge is 2.31. The van der Waals surface area contributed by atoms with E-state index in [-0.39, 0.29) is 17.7 Å². The molecular formula is C9H9F3N2O. The van der Waals surface area contributed by atoms with Crippen LogP contribution in [0.2, 0.25) is 0 Å². The van der Waals surface area contributed by atoms with Gasteiger partial charge in [-0.05, 0) is 23.8 Å². The third-order valence-electron chi connectivity index (χ3n) is 1.84. The normalized spacial score (nSPS) is 11.5. The minimum absolute atomic E-state index is 0.0792. The summed E-state index contributed by atoms with van der Waals surface area (Å²) in [4.78, 5) is 10.8. The standard InChI is InChI=1S/C9H9F3N2O/c10-9(11,12)7-2-5(4-13)1-6(3-7)8(14)15/h1-3H,4,13H2,(H2,14,15). The maximum absolute atomic E-state index is 12.4. The van der Waals surface area contributed by atoms with Gasteiger partial charge in [0, 0.05) is 12.1 Å². The molecule has 0 bridgehead atoms. The first-order valence-corrected chi connectivity index (χ1v) is 4.05. The lowest BCUT2D eigenvalue weighted by Crippen LogP contribution is -2.15. The number of rotatable bonds is 2. The van der Waals surface area contributed by atoms with Gasteiger partial charge in [0.1, 0.15) is 0 Å². The van der Waals surface area contributed by atoms with E-state index in [1.165, 1.54) is 6.07 Å². The third-order valence-corrected chi connectivity index (χ3v) is 1.84. The highest BCUT2D eigenvalue weighted by Crippen LogP contribution is 2.30. The van der Waals surface area contributed by atoms with Gasteiger partial charge in [-0.25, -0.2) is 0 Å². The van der Waals surface area contributed by atoms with Crippen molar-refractivity contribution in [3.8, 4) is 0 Å². The molecule has 1 aromatic carbocycles. The van der Waals surface area contributed by atoms with E-state index >= 15 is 0 Å². The predicted octanol–water partition coefficient (Wildman–Crippen LogP) is 1.26. The number of hydrogen-bond donors (Lipinski definition) is 2. The Labute approximate surface area is 83.9 Å². The van der Waals surface area contributed by atoms with Crippen LogP contribution in [0.1, 0.15) is 21.5 Å². The van der Waals surface area contributed by atoms with Crippen LogP contribution in [0.3, 0.4) is 0 Å². The lowest BCUT2D eigenvalue weighted by molar-refractivity contribution is -0.137. The summed E-state index contributed by atoms with van der Waals surface area (Å²) in [6.45, 7) is -0.0792. The van der Waals surface area contributed by atoms with Crippen LogP contribution in [0.4, 0.5) is 13.2 Å². The number of alkyl halides is 3. The Balaban J connectivity index is 3.30. The Morgan fingerprint density at radius 2 is 1.87 bits per heavy atom. The SMILES string of the molecule is NCc1cc(C(N)=O)cc(C(F)(F)F)c1. The van der Waals surface area contributed by atoms with E-state index in [1.807, 2.05) is 0 Å². The quantitative estimate of drug-likeness (QED) is 0.784. The van der Waals surface area contributed by atoms with E-state index in [9.17, 15) is 18.0 Å². The summed E-state index contributed by atoms with van der Waals surface area (Å²) in [5.74, 6) is -0.907. The van der Waals surface area contributed by atoms with Crippen LogP contribution in [0, 0.1) is 0 Å². The summed E-state index contributed by atoms with van der Waals surface area (Å²) >= 11 is 0. The summed E-state index contributed by atoms with van der Waals surface area (Å²) < 4.78 is 37.1. The minimum atomic E-state index is -4.50. The first-order chi connectivity index (χ1) is 6.84. The summed E-state index contributed by atoms with van der Waals surface area (Å²) in [6.07, 6.45) is -4.50. The Kier molecular flexibility index (Phi) is 2.99. The van der Waals surface area contributed by atoms with Crippen molar-refractivity contribution < 1.29 is 18.0 Å². The Morgan fingerprint density at radius 3 is 2.27 bits per heavy atom. The maximum Gasteiger partial charge on any atom is 0.416 e. The van der Waals surface area contributed by atoms with Crippen molar-refractivity contribution in [2.24, 2.45) is 11.5 Å². The fraction of sp³-hybridized carbons (Fsp3) is 0.222. The van der Waals surface area contributed by atoms with Crippen LogP contribution in [0.5, 0.6) is 0 Å². The van der Waals surface area contributed by atoms with Crippen molar-refractivity contribution in [1.29, 1.82) is 0 Å². The van der Waals surface area contributed by atoms with E-state index in [0.717, 1.165) is 6.07 Å². The third kappa shape index (κ3) is 2.69. The second-order valence-electron chi connectivity index (χ2n) is 2.98. The van der Waals surface area contributed by atoms with Gasteiger partial charge in [0.15, 0.2) is 0 Å². The molecule has 1 aromatic rings. The van der Waals surface area contributed by atoms with E-state index in [4.69, 9.17) is 11.5 Å². The van der Waals surface area contributed by atoms with E-state index < -0.39 is 17.6 Å². The van der Waals surface area contributed by atoms with Gasteiger partial charge in [0.25, 0.3) is 0 Å².